The highest BCUT2D eigenvalue weighted by Gasteiger charge is 2.24. The number of benzene rings is 1. The molecule has 0 bridgehead atoms. The van der Waals surface area contributed by atoms with Crippen molar-refractivity contribution in [3.63, 3.8) is 0 Å². The Kier molecular flexibility index (Phi) is 5.57. The zero-order valence-corrected chi connectivity index (χ0v) is 12.1. The van der Waals surface area contributed by atoms with E-state index in [1.54, 1.807) is 0 Å². The van der Waals surface area contributed by atoms with Gasteiger partial charge in [0, 0.05) is 12.0 Å². The van der Waals surface area contributed by atoms with Crippen molar-refractivity contribution in [3.8, 4) is 5.75 Å². The number of ether oxygens (including phenoxy) is 1. The minimum atomic E-state index is -1.72. The van der Waals surface area contributed by atoms with Crippen molar-refractivity contribution in [2.75, 3.05) is 13.2 Å². The maximum atomic E-state index is 13.3. The number of halogens is 4. The molecule has 1 aromatic rings. The van der Waals surface area contributed by atoms with Gasteiger partial charge in [-0.25, -0.2) is 8.78 Å². The molecule has 1 fully saturated rings. The SMILES string of the molecule is O=C(CNC(=O)C1CCCC1)COc1c(F)c(F)cc(F)c1F. The second-order valence-electron chi connectivity index (χ2n) is 5.32. The van der Waals surface area contributed by atoms with Gasteiger partial charge < -0.3 is 10.1 Å². The van der Waals surface area contributed by atoms with E-state index in [0.717, 1.165) is 25.7 Å². The Morgan fingerprint density at radius 2 is 1.65 bits per heavy atom. The molecule has 0 atom stereocenters. The Bertz CT molecular complexity index is 589. The van der Waals surface area contributed by atoms with Gasteiger partial charge in [-0.3, -0.25) is 9.59 Å². The van der Waals surface area contributed by atoms with Gasteiger partial charge in [0.1, 0.15) is 6.61 Å². The van der Waals surface area contributed by atoms with Crippen molar-refractivity contribution in [1.82, 2.24) is 5.32 Å². The number of hydrogen-bond donors (Lipinski definition) is 1. The molecule has 1 aliphatic rings. The van der Waals surface area contributed by atoms with E-state index < -0.39 is 41.4 Å². The number of hydrogen-bond acceptors (Lipinski definition) is 3. The van der Waals surface area contributed by atoms with Gasteiger partial charge in [-0.15, -0.1) is 0 Å². The summed E-state index contributed by atoms with van der Waals surface area (Å²) in [5.74, 6) is -9.04. The minimum Gasteiger partial charge on any atom is -0.479 e. The molecule has 8 heteroatoms. The van der Waals surface area contributed by atoms with Crippen molar-refractivity contribution < 1.29 is 31.9 Å². The summed E-state index contributed by atoms with van der Waals surface area (Å²) < 4.78 is 57.1. The lowest BCUT2D eigenvalue weighted by Crippen LogP contribution is -2.35. The minimum absolute atomic E-state index is 0.0428. The summed E-state index contributed by atoms with van der Waals surface area (Å²) in [7, 11) is 0. The predicted molar refractivity (Wildman–Crippen MR) is 71.7 cm³/mol. The summed E-state index contributed by atoms with van der Waals surface area (Å²) in [4.78, 5) is 23.3. The van der Waals surface area contributed by atoms with Gasteiger partial charge in [0.2, 0.25) is 17.5 Å². The molecule has 0 aromatic heterocycles. The van der Waals surface area contributed by atoms with Gasteiger partial charge in [-0.05, 0) is 12.8 Å². The smallest absolute Gasteiger partial charge is 0.223 e. The molecule has 1 amide bonds. The van der Waals surface area contributed by atoms with E-state index in [1.165, 1.54) is 0 Å². The lowest BCUT2D eigenvalue weighted by atomic mass is 10.1. The van der Waals surface area contributed by atoms with E-state index in [1.807, 2.05) is 0 Å². The molecule has 126 valence electrons. The van der Waals surface area contributed by atoms with Crippen LogP contribution < -0.4 is 10.1 Å². The van der Waals surface area contributed by atoms with Crippen molar-refractivity contribution in [2.24, 2.45) is 5.92 Å². The van der Waals surface area contributed by atoms with Gasteiger partial charge >= 0.3 is 0 Å². The zero-order chi connectivity index (χ0) is 17.0. The first-order valence-electron chi connectivity index (χ1n) is 7.15. The monoisotopic (exact) mass is 333 g/mol. The van der Waals surface area contributed by atoms with Crippen LogP contribution in [0.1, 0.15) is 25.7 Å². The summed E-state index contributed by atoms with van der Waals surface area (Å²) in [6.07, 6.45) is 3.43. The molecule has 0 saturated heterocycles. The van der Waals surface area contributed by atoms with Gasteiger partial charge in [-0.2, -0.15) is 8.78 Å². The molecule has 0 heterocycles. The quantitative estimate of drug-likeness (QED) is 0.643. The van der Waals surface area contributed by atoms with Crippen molar-refractivity contribution >= 4 is 11.7 Å². The molecule has 0 radical (unpaired) electrons. The van der Waals surface area contributed by atoms with Crippen LogP contribution in [-0.2, 0) is 9.59 Å². The third-order valence-corrected chi connectivity index (χ3v) is 3.63. The van der Waals surface area contributed by atoms with E-state index in [0.29, 0.717) is 0 Å². The Hall–Kier alpha value is -2.12. The van der Waals surface area contributed by atoms with Crippen molar-refractivity contribution in [2.45, 2.75) is 25.7 Å². The van der Waals surface area contributed by atoms with Crippen molar-refractivity contribution in [1.29, 1.82) is 0 Å². The number of ketones is 1. The number of Topliss-reactive ketones (excluding diaryl/α,β-unsaturated/α-hetero) is 1. The van der Waals surface area contributed by atoms with Crippen LogP contribution in [0.3, 0.4) is 0 Å². The number of carbonyl (C=O) groups is 2. The Morgan fingerprint density at radius 1 is 1.09 bits per heavy atom. The van der Waals surface area contributed by atoms with Crippen LogP contribution in [0.2, 0.25) is 0 Å². The normalized spacial score (nSPS) is 14.8. The highest BCUT2D eigenvalue weighted by molar-refractivity contribution is 5.87. The lowest BCUT2D eigenvalue weighted by molar-refractivity contribution is -0.128. The van der Waals surface area contributed by atoms with Crippen LogP contribution in [0.25, 0.3) is 0 Å². The summed E-state index contributed by atoms with van der Waals surface area (Å²) in [5.41, 5.74) is 0. The Morgan fingerprint density at radius 3 is 2.22 bits per heavy atom. The first kappa shape index (κ1) is 17.2. The highest BCUT2D eigenvalue weighted by Crippen LogP contribution is 2.26. The maximum Gasteiger partial charge on any atom is 0.223 e. The number of rotatable bonds is 6. The van der Waals surface area contributed by atoms with Crippen LogP contribution in [0.4, 0.5) is 17.6 Å². The summed E-state index contributed by atoms with van der Waals surface area (Å²) >= 11 is 0. The summed E-state index contributed by atoms with van der Waals surface area (Å²) in [6, 6.07) is 0.0428. The van der Waals surface area contributed by atoms with Crippen LogP contribution in [-0.4, -0.2) is 24.8 Å². The fourth-order valence-corrected chi connectivity index (χ4v) is 2.40. The second kappa shape index (κ2) is 7.43. The standard InChI is InChI=1S/C15H15F4NO3/c16-10-5-11(17)13(19)14(12(10)18)23-7-9(21)6-20-15(22)8-3-1-2-4-8/h5,8H,1-4,6-7H2,(H,20,22). The fraction of sp³-hybridized carbons (Fsp3) is 0.467. The third-order valence-electron chi connectivity index (χ3n) is 3.63. The van der Waals surface area contributed by atoms with Crippen LogP contribution in [0.15, 0.2) is 6.07 Å². The van der Waals surface area contributed by atoms with Crippen molar-refractivity contribution in [3.05, 3.63) is 29.3 Å². The van der Waals surface area contributed by atoms with Gasteiger partial charge in [-0.1, -0.05) is 12.8 Å². The van der Waals surface area contributed by atoms with Crippen LogP contribution in [0, 0.1) is 29.2 Å². The largest absolute Gasteiger partial charge is 0.479 e. The lowest BCUT2D eigenvalue weighted by Gasteiger charge is -2.11. The molecule has 1 aliphatic carbocycles. The average Bonchev–Trinajstić information content (AvgIpc) is 3.05. The number of nitrogens with one attached hydrogen (secondary N) is 1. The van der Waals surface area contributed by atoms with Crippen LogP contribution in [0.5, 0.6) is 5.75 Å². The Labute approximate surface area is 129 Å². The third kappa shape index (κ3) is 4.20. The van der Waals surface area contributed by atoms with E-state index in [-0.39, 0.29) is 24.4 Å². The van der Waals surface area contributed by atoms with E-state index in [9.17, 15) is 27.2 Å². The average molecular weight is 333 g/mol. The summed E-state index contributed by atoms with van der Waals surface area (Å²) in [6.45, 7) is -1.20. The summed E-state index contributed by atoms with van der Waals surface area (Å²) in [5, 5.41) is 2.41. The van der Waals surface area contributed by atoms with Gasteiger partial charge in [0.25, 0.3) is 0 Å². The van der Waals surface area contributed by atoms with Gasteiger partial charge in [0.05, 0.1) is 6.54 Å². The van der Waals surface area contributed by atoms with Gasteiger partial charge in [0.15, 0.2) is 23.2 Å². The topological polar surface area (TPSA) is 55.4 Å². The molecule has 1 saturated carbocycles. The molecule has 0 unspecified atom stereocenters. The zero-order valence-electron chi connectivity index (χ0n) is 12.1. The molecule has 1 aromatic carbocycles. The molecule has 23 heavy (non-hydrogen) atoms. The first-order valence-corrected chi connectivity index (χ1v) is 7.15. The molecular weight excluding hydrogens is 318 g/mol. The maximum absolute atomic E-state index is 13.3. The molecule has 0 aliphatic heterocycles. The molecule has 4 nitrogen and oxygen atoms in total. The Balaban J connectivity index is 1.86. The predicted octanol–water partition coefficient (Wildman–Crippen LogP) is 2.50. The first-order chi connectivity index (χ1) is 10.9. The molecular formula is C15H15F4NO3. The number of amides is 1. The van der Waals surface area contributed by atoms with E-state index in [2.05, 4.69) is 10.1 Å². The fourth-order valence-electron chi connectivity index (χ4n) is 2.40. The molecule has 0 spiro atoms. The van der Waals surface area contributed by atoms with E-state index in [4.69, 9.17) is 0 Å². The second-order valence-corrected chi connectivity index (χ2v) is 5.32. The van der Waals surface area contributed by atoms with Crippen LogP contribution >= 0.6 is 0 Å². The number of carbonyl (C=O) groups excluding carboxylic acids is 2. The molecule has 1 N–H and O–H groups in total. The molecule has 2 rings (SSSR count). The highest BCUT2D eigenvalue weighted by atomic mass is 19.2. The van der Waals surface area contributed by atoms with E-state index >= 15 is 0 Å².